The van der Waals surface area contributed by atoms with E-state index < -0.39 is 0 Å². The van der Waals surface area contributed by atoms with Crippen LogP contribution in [0.25, 0.3) is 0 Å². The van der Waals surface area contributed by atoms with Crippen LogP contribution in [0.5, 0.6) is 0 Å². The first-order chi connectivity index (χ1) is 11.0. The van der Waals surface area contributed by atoms with Crippen molar-refractivity contribution >= 4 is 23.4 Å². The molecule has 0 unspecified atom stereocenters. The van der Waals surface area contributed by atoms with Gasteiger partial charge in [0, 0.05) is 37.2 Å². The van der Waals surface area contributed by atoms with Gasteiger partial charge < -0.3 is 10.2 Å². The predicted octanol–water partition coefficient (Wildman–Crippen LogP) is 2.44. The molecule has 6 heteroatoms. The number of nitrogens with zero attached hydrogens (tertiary/aromatic N) is 3. The topological polar surface area (TPSA) is 58.1 Å². The summed E-state index contributed by atoms with van der Waals surface area (Å²) in [4.78, 5) is 22.6. The van der Waals surface area contributed by atoms with Crippen molar-refractivity contribution < 1.29 is 4.79 Å². The van der Waals surface area contributed by atoms with Crippen LogP contribution in [0.1, 0.15) is 11.4 Å². The molecule has 0 aliphatic heterocycles. The number of carbonyl (C=O) groups is 1. The summed E-state index contributed by atoms with van der Waals surface area (Å²) in [5.74, 6) is 0.331. The first-order valence-electron chi connectivity index (χ1n) is 7.52. The summed E-state index contributed by atoms with van der Waals surface area (Å²) in [6.07, 6.45) is 0. The minimum absolute atomic E-state index is 0.000721. The Morgan fingerprint density at radius 3 is 2.48 bits per heavy atom. The Morgan fingerprint density at radius 1 is 1.17 bits per heavy atom. The number of hydrogen-bond donors (Lipinski definition) is 1. The van der Waals surface area contributed by atoms with Crippen LogP contribution in [0.4, 0.5) is 5.69 Å². The van der Waals surface area contributed by atoms with Crippen molar-refractivity contribution in [3.8, 4) is 0 Å². The lowest BCUT2D eigenvalue weighted by Crippen LogP contribution is -2.33. The molecule has 0 atom stereocenters. The van der Waals surface area contributed by atoms with E-state index in [0.29, 0.717) is 17.5 Å². The van der Waals surface area contributed by atoms with Crippen LogP contribution < -0.4 is 10.2 Å². The van der Waals surface area contributed by atoms with E-state index >= 15 is 0 Å². The third-order valence-electron chi connectivity index (χ3n) is 3.26. The number of hydrogen-bond acceptors (Lipinski definition) is 5. The van der Waals surface area contributed by atoms with Gasteiger partial charge in [-0.1, -0.05) is 30.0 Å². The van der Waals surface area contributed by atoms with Crippen LogP contribution in [-0.2, 0) is 4.79 Å². The summed E-state index contributed by atoms with van der Waals surface area (Å²) in [5.41, 5.74) is 2.98. The highest BCUT2D eigenvalue weighted by Gasteiger charge is 2.06. The van der Waals surface area contributed by atoms with Gasteiger partial charge in [0.1, 0.15) is 0 Å². The quantitative estimate of drug-likeness (QED) is 0.624. The SMILES string of the molecule is Cc1cc(C)nc(SCC(=O)NCCN(C)c2ccccc2)n1. The molecule has 122 valence electrons. The number of benzene rings is 1. The lowest BCUT2D eigenvalue weighted by molar-refractivity contribution is -0.118. The van der Waals surface area contributed by atoms with Gasteiger partial charge in [0.15, 0.2) is 5.16 Å². The summed E-state index contributed by atoms with van der Waals surface area (Å²) in [6.45, 7) is 5.23. The van der Waals surface area contributed by atoms with Crippen LogP contribution in [-0.4, -0.2) is 41.8 Å². The lowest BCUT2D eigenvalue weighted by Gasteiger charge is -2.19. The molecule has 5 nitrogen and oxygen atoms in total. The molecule has 23 heavy (non-hydrogen) atoms. The fourth-order valence-electron chi connectivity index (χ4n) is 2.11. The normalized spacial score (nSPS) is 10.4. The summed E-state index contributed by atoms with van der Waals surface area (Å²) in [7, 11) is 2.01. The number of carbonyl (C=O) groups excluding carboxylic acids is 1. The van der Waals surface area contributed by atoms with E-state index in [1.165, 1.54) is 11.8 Å². The molecule has 0 aliphatic rings. The van der Waals surface area contributed by atoms with Crippen molar-refractivity contribution in [2.75, 3.05) is 30.8 Å². The van der Waals surface area contributed by atoms with Crippen molar-refractivity contribution in [2.45, 2.75) is 19.0 Å². The van der Waals surface area contributed by atoms with Crippen LogP contribution in [0.3, 0.4) is 0 Å². The molecule has 0 radical (unpaired) electrons. The number of anilines is 1. The number of amides is 1. The van der Waals surface area contributed by atoms with E-state index in [1.54, 1.807) is 0 Å². The summed E-state index contributed by atoms with van der Waals surface area (Å²) < 4.78 is 0. The molecule has 1 aromatic carbocycles. The zero-order chi connectivity index (χ0) is 16.7. The number of aryl methyl sites for hydroxylation is 2. The maximum Gasteiger partial charge on any atom is 0.230 e. The first-order valence-corrected chi connectivity index (χ1v) is 8.51. The Labute approximate surface area is 141 Å². The number of thioether (sulfide) groups is 1. The van der Waals surface area contributed by atoms with Gasteiger partial charge >= 0.3 is 0 Å². The summed E-state index contributed by atoms with van der Waals surface area (Å²) >= 11 is 1.36. The summed E-state index contributed by atoms with van der Waals surface area (Å²) in [5, 5.41) is 3.58. The van der Waals surface area contributed by atoms with E-state index in [9.17, 15) is 4.79 Å². The van der Waals surface area contributed by atoms with Crippen molar-refractivity contribution in [1.82, 2.24) is 15.3 Å². The number of aromatic nitrogens is 2. The highest BCUT2D eigenvalue weighted by Crippen LogP contribution is 2.13. The second kappa shape index (κ2) is 8.53. The standard InChI is InChI=1S/C17H22N4OS/c1-13-11-14(2)20-17(19-13)23-12-16(22)18-9-10-21(3)15-7-5-4-6-8-15/h4-8,11H,9-10,12H2,1-3H3,(H,18,22). The molecule has 2 rings (SSSR count). The average molecular weight is 330 g/mol. The van der Waals surface area contributed by atoms with E-state index in [0.717, 1.165) is 23.6 Å². The molecule has 0 saturated carbocycles. The van der Waals surface area contributed by atoms with E-state index in [1.807, 2.05) is 45.2 Å². The highest BCUT2D eigenvalue weighted by molar-refractivity contribution is 7.99. The Bertz CT molecular complexity index is 628. The predicted molar refractivity (Wildman–Crippen MR) is 95.0 cm³/mol. The molecule has 2 aromatic rings. The van der Waals surface area contributed by atoms with Crippen LogP contribution in [0.2, 0.25) is 0 Å². The lowest BCUT2D eigenvalue weighted by atomic mass is 10.3. The molecule has 1 amide bonds. The Hall–Kier alpha value is -2.08. The monoisotopic (exact) mass is 330 g/mol. The van der Waals surface area contributed by atoms with Gasteiger partial charge in [0.05, 0.1) is 5.75 Å². The largest absolute Gasteiger partial charge is 0.373 e. The van der Waals surface area contributed by atoms with Gasteiger partial charge in [-0.05, 0) is 32.0 Å². The van der Waals surface area contributed by atoms with Crippen LogP contribution >= 0.6 is 11.8 Å². The number of rotatable bonds is 7. The molecule has 0 bridgehead atoms. The van der Waals surface area contributed by atoms with Gasteiger partial charge in [0.25, 0.3) is 0 Å². The maximum atomic E-state index is 11.9. The minimum Gasteiger partial charge on any atom is -0.373 e. The van der Waals surface area contributed by atoms with Gasteiger partial charge in [-0.15, -0.1) is 0 Å². The Kier molecular flexibility index (Phi) is 6.40. The fraction of sp³-hybridized carbons (Fsp3) is 0.353. The Morgan fingerprint density at radius 2 is 1.83 bits per heavy atom. The Balaban J connectivity index is 1.71. The molecular formula is C17H22N4OS. The average Bonchev–Trinajstić information content (AvgIpc) is 2.53. The first kappa shape index (κ1) is 17.3. The third-order valence-corrected chi connectivity index (χ3v) is 4.11. The number of likely N-dealkylation sites (N-methyl/N-ethyl adjacent to an activating group) is 1. The smallest absolute Gasteiger partial charge is 0.230 e. The minimum atomic E-state index is -0.000721. The maximum absolute atomic E-state index is 11.9. The van der Waals surface area contributed by atoms with E-state index in [2.05, 4.69) is 32.3 Å². The molecule has 1 N–H and O–H groups in total. The fourth-order valence-corrected chi connectivity index (χ4v) is 2.89. The second-order valence-corrected chi connectivity index (χ2v) is 6.27. The van der Waals surface area contributed by atoms with E-state index in [4.69, 9.17) is 0 Å². The zero-order valence-corrected chi connectivity index (χ0v) is 14.6. The van der Waals surface area contributed by atoms with Crippen molar-refractivity contribution in [2.24, 2.45) is 0 Å². The van der Waals surface area contributed by atoms with Gasteiger partial charge in [-0.25, -0.2) is 9.97 Å². The van der Waals surface area contributed by atoms with Crippen LogP contribution in [0, 0.1) is 13.8 Å². The third kappa shape index (κ3) is 5.90. The highest BCUT2D eigenvalue weighted by atomic mass is 32.2. The number of para-hydroxylation sites is 1. The van der Waals surface area contributed by atoms with Crippen LogP contribution in [0.15, 0.2) is 41.6 Å². The molecule has 0 aliphatic carbocycles. The molecule has 0 saturated heterocycles. The van der Waals surface area contributed by atoms with E-state index in [-0.39, 0.29) is 5.91 Å². The van der Waals surface area contributed by atoms with Crippen molar-refractivity contribution in [3.05, 3.63) is 47.8 Å². The summed E-state index contributed by atoms with van der Waals surface area (Å²) in [6, 6.07) is 12.0. The molecular weight excluding hydrogens is 308 g/mol. The van der Waals surface area contributed by atoms with Crippen molar-refractivity contribution in [1.29, 1.82) is 0 Å². The zero-order valence-electron chi connectivity index (χ0n) is 13.7. The number of nitrogens with one attached hydrogen (secondary N) is 1. The molecule has 0 spiro atoms. The van der Waals surface area contributed by atoms with Gasteiger partial charge in [-0.3, -0.25) is 4.79 Å². The van der Waals surface area contributed by atoms with Gasteiger partial charge in [-0.2, -0.15) is 0 Å². The molecule has 1 aromatic heterocycles. The molecule has 0 fully saturated rings. The second-order valence-electron chi connectivity index (χ2n) is 5.33. The molecule has 1 heterocycles. The van der Waals surface area contributed by atoms with Gasteiger partial charge in [0.2, 0.25) is 5.91 Å². The van der Waals surface area contributed by atoms with Crippen molar-refractivity contribution in [3.63, 3.8) is 0 Å².